The number of unbranched alkanes of at least 4 members (excludes halogenated alkanes) is 2. The van der Waals surface area contributed by atoms with E-state index in [0.29, 0.717) is 0 Å². The molecule has 0 spiro atoms. The molecule has 1 saturated carbocycles. The van der Waals surface area contributed by atoms with Gasteiger partial charge < -0.3 is 4.90 Å². The number of anilines is 1. The van der Waals surface area contributed by atoms with Crippen molar-refractivity contribution >= 4 is 5.69 Å². The summed E-state index contributed by atoms with van der Waals surface area (Å²) < 4.78 is 0. The second kappa shape index (κ2) is 8.29. The van der Waals surface area contributed by atoms with Crippen LogP contribution >= 0.6 is 0 Å². The summed E-state index contributed by atoms with van der Waals surface area (Å²) in [5, 5.41) is 0. The van der Waals surface area contributed by atoms with E-state index in [2.05, 4.69) is 60.4 Å². The summed E-state index contributed by atoms with van der Waals surface area (Å²) in [4.78, 5) is 2.50. The van der Waals surface area contributed by atoms with Gasteiger partial charge in [0, 0.05) is 18.8 Å². The number of nitrogens with zero attached hydrogens (tertiary/aromatic N) is 1. The summed E-state index contributed by atoms with van der Waals surface area (Å²) in [6.45, 7) is 4.41. The highest BCUT2D eigenvalue weighted by molar-refractivity contribution is 5.52. The topological polar surface area (TPSA) is 3.24 Å². The van der Waals surface area contributed by atoms with E-state index < -0.39 is 0 Å². The van der Waals surface area contributed by atoms with E-state index in [1.165, 1.54) is 68.2 Å². The molecule has 0 N–H and O–H groups in total. The van der Waals surface area contributed by atoms with Gasteiger partial charge in [-0.05, 0) is 66.3 Å². The quantitative estimate of drug-likeness (QED) is 0.505. The van der Waals surface area contributed by atoms with Gasteiger partial charge in [0.2, 0.25) is 0 Å². The summed E-state index contributed by atoms with van der Waals surface area (Å²) in [5.41, 5.74) is 5.91. The van der Waals surface area contributed by atoms with E-state index in [4.69, 9.17) is 0 Å². The molecule has 4 rings (SSSR count). The first-order valence-corrected chi connectivity index (χ1v) is 10.7. The minimum atomic E-state index is 0.794. The maximum atomic E-state index is 2.50. The Bertz CT molecular complexity index is 669. The van der Waals surface area contributed by atoms with Crippen molar-refractivity contribution in [1.82, 2.24) is 0 Å². The number of rotatable bonds is 6. The zero-order valence-corrected chi connectivity index (χ0v) is 16.3. The van der Waals surface area contributed by atoms with Crippen molar-refractivity contribution in [3.05, 3.63) is 65.2 Å². The summed E-state index contributed by atoms with van der Waals surface area (Å²) >= 11 is 0. The maximum absolute atomic E-state index is 2.50. The van der Waals surface area contributed by atoms with Gasteiger partial charge in [-0.1, -0.05) is 69.0 Å². The van der Waals surface area contributed by atoms with Crippen LogP contribution in [-0.4, -0.2) is 0 Å². The highest BCUT2D eigenvalue weighted by atomic mass is 15.1. The molecule has 2 aromatic rings. The first-order valence-electron chi connectivity index (χ1n) is 10.7. The number of fused-ring (bicyclic) bond motifs is 1. The third-order valence-electron chi connectivity index (χ3n) is 6.63. The zero-order valence-electron chi connectivity index (χ0n) is 16.3. The molecule has 26 heavy (non-hydrogen) atoms. The fourth-order valence-corrected chi connectivity index (χ4v) is 4.94. The monoisotopic (exact) mass is 347 g/mol. The summed E-state index contributed by atoms with van der Waals surface area (Å²) in [6.07, 6.45) is 11.4. The lowest BCUT2D eigenvalue weighted by molar-refractivity contribution is 0.303. The molecule has 2 aliphatic rings. The van der Waals surface area contributed by atoms with Crippen LogP contribution < -0.4 is 4.90 Å². The minimum Gasteiger partial charge on any atom is -0.363 e. The molecule has 1 heteroatoms. The van der Waals surface area contributed by atoms with Crippen LogP contribution in [0.5, 0.6) is 0 Å². The molecule has 0 amide bonds. The highest BCUT2D eigenvalue weighted by Gasteiger charge is 2.23. The molecule has 1 aliphatic heterocycles. The van der Waals surface area contributed by atoms with E-state index in [1.54, 1.807) is 5.56 Å². The average Bonchev–Trinajstić information content (AvgIpc) is 3.13. The Labute approximate surface area is 159 Å². The molecular formula is C25H33N. The van der Waals surface area contributed by atoms with Gasteiger partial charge in [-0.15, -0.1) is 0 Å². The van der Waals surface area contributed by atoms with Crippen LogP contribution in [0.25, 0.3) is 0 Å². The second-order valence-electron chi connectivity index (χ2n) is 8.43. The third-order valence-corrected chi connectivity index (χ3v) is 6.63. The van der Waals surface area contributed by atoms with Gasteiger partial charge in [-0.3, -0.25) is 0 Å². The fourth-order valence-electron chi connectivity index (χ4n) is 4.94. The Morgan fingerprint density at radius 3 is 2.08 bits per heavy atom. The van der Waals surface area contributed by atoms with Crippen molar-refractivity contribution < 1.29 is 0 Å². The first-order chi connectivity index (χ1) is 12.8. The van der Waals surface area contributed by atoms with E-state index in [9.17, 15) is 0 Å². The molecule has 1 nitrogen and oxygen atoms in total. The van der Waals surface area contributed by atoms with Gasteiger partial charge in [0.15, 0.2) is 0 Å². The van der Waals surface area contributed by atoms with Crippen molar-refractivity contribution in [3.8, 4) is 0 Å². The normalized spacial score (nSPS) is 22.4. The maximum Gasteiger partial charge on any atom is 0.0436 e. The predicted molar refractivity (Wildman–Crippen MR) is 112 cm³/mol. The molecule has 0 unspecified atom stereocenters. The molecule has 1 fully saturated rings. The van der Waals surface area contributed by atoms with E-state index in [-0.39, 0.29) is 0 Å². The van der Waals surface area contributed by atoms with Gasteiger partial charge in [0.25, 0.3) is 0 Å². The fraction of sp³-hybridized carbons (Fsp3) is 0.520. The Hall–Kier alpha value is -1.76. The molecule has 1 heterocycles. The Morgan fingerprint density at radius 2 is 1.46 bits per heavy atom. The van der Waals surface area contributed by atoms with Crippen LogP contribution in [0.3, 0.4) is 0 Å². The smallest absolute Gasteiger partial charge is 0.0436 e. The molecule has 138 valence electrons. The predicted octanol–water partition coefficient (Wildman–Crippen LogP) is 7.06. The van der Waals surface area contributed by atoms with Crippen LogP contribution in [-0.2, 0) is 13.1 Å². The van der Waals surface area contributed by atoms with E-state index in [1.807, 2.05) is 0 Å². The summed E-state index contributed by atoms with van der Waals surface area (Å²) in [7, 11) is 0. The zero-order chi connectivity index (χ0) is 17.8. The standard InChI is InChI=1S/C25H33N/c1-2-3-4-7-20-10-12-21(13-11-20)22-14-16-25(17-15-22)26-18-23-8-5-6-9-24(23)19-26/h5-6,8-9,14-17,20-21H,2-4,7,10-13,18-19H2,1H3. The van der Waals surface area contributed by atoms with Gasteiger partial charge in [0.05, 0.1) is 0 Å². The number of hydrogen-bond acceptors (Lipinski definition) is 1. The number of hydrogen-bond donors (Lipinski definition) is 0. The molecular weight excluding hydrogens is 314 g/mol. The lowest BCUT2D eigenvalue weighted by Crippen LogP contribution is -2.15. The molecule has 2 aromatic carbocycles. The van der Waals surface area contributed by atoms with E-state index >= 15 is 0 Å². The molecule has 1 aliphatic carbocycles. The van der Waals surface area contributed by atoms with Crippen molar-refractivity contribution in [3.63, 3.8) is 0 Å². The lowest BCUT2D eigenvalue weighted by atomic mass is 9.77. The van der Waals surface area contributed by atoms with Crippen LogP contribution in [0.1, 0.15) is 80.9 Å². The molecule has 0 aromatic heterocycles. The van der Waals surface area contributed by atoms with Gasteiger partial charge in [-0.25, -0.2) is 0 Å². The second-order valence-corrected chi connectivity index (χ2v) is 8.43. The van der Waals surface area contributed by atoms with Crippen LogP contribution in [0.15, 0.2) is 48.5 Å². The molecule has 0 saturated heterocycles. The summed E-state index contributed by atoms with van der Waals surface area (Å²) in [6, 6.07) is 18.4. The SMILES string of the molecule is CCCCCC1CCC(c2ccc(N3Cc4ccccc4C3)cc2)CC1. The van der Waals surface area contributed by atoms with Crippen molar-refractivity contribution in [2.24, 2.45) is 5.92 Å². The highest BCUT2D eigenvalue weighted by Crippen LogP contribution is 2.38. The average molecular weight is 348 g/mol. The van der Waals surface area contributed by atoms with Crippen molar-refractivity contribution in [1.29, 1.82) is 0 Å². The Balaban J connectivity index is 1.32. The van der Waals surface area contributed by atoms with Crippen LogP contribution in [0, 0.1) is 5.92 Å². The minimum absolute atomic E-state index is 0.794. The van der Waals surface area contributed by atoms with Crippen molar-refractivity contribution in [2.75, 3.05) is 4.90 Å². The Kier molecular flexibility index (Phi) is 5.62. The van der Waals surface area contributed by atoms with E-state index in [0.717, 1.165) is 24.9 Å². The Morgan fingerprint density at radius 1 is 0.808 bits per heavy atom. The first kappa shape index (κ1) is 17.6. The molecule has 0 bridgehead atoms. The van der Waals surface area contributed by atoms with Gasteiger partial charge >= 0.3 is 0 Å². The molecule has 0 radical (unpaired) electrons. The van der Waals surface area contributed by atoms with Crippen molar-refractivity contribution in [2.45, 2.75) is 77.3 Å². The largest absolute Gasteiger partial charge is 0.363 e. The van der Waals surface area contributed by atoms with Gasteiger partial charge in [0.1, 0.15) is 0 Å². The van der Waals surface area contributed by atoms with Gasteiger partial charge in [-0.2, -0.15) is 0 Å². The molecule has 0 atom stereocenters. The number of benzene rings is 2. The van der Waals surface area contributed by atoms with Crippen LogP contribution in [0.2, 0.25) is 0 Å². The third kappa shape index (κ3) is 3.98. The lowest BCUT2D eigenvalue weighted by Gasteiger charge is -2.29. The summed E-state index contributed by atoms with van der Waals surface area (Å²) in [5.74, 6) is 1.79. The van der Waals surface area contributed by atoms with Crippen LogP contribution in [0.4, 0.5) is 5.69 Å².